The predicted molar refractivity (Wildman–Crippen MR) is 134 cm³/mol. The van der Waals surface area contributed by atoms with Crippen LogP contribution in [0.15, 0.2) is 77.9 Å². The average Bonchev–Trinajstić information content (AvgIpc) is 2.87. The standard InChI is InChI=1S/C27H27N3O5/c1-3-4-17-34-23-15-9-21(10-16-23)27(33)35-24-13-7-20(8-14-24)18-28-30-26(32)25(31)29-22-11-5-19(2)6-12-22/h5-16,18H,3-4,17H2,1-2H3,(H,29,31)(H,30,32). The third kappa shape index (κ3) is 8.12. The second kappa shape index (κ2) is 12.7. The van der Waals surface area contributed by atoms with Crippen LogP contribution in [0.25, 0.3) is 0 Å². The number of hydrogen-bond donors (Lipinski definition) is 2. The first-order valence-electron chi connectivity index (χ1n) is 11.2. The first-order valence-corrected chi connectivity index (χ1v) is 11.2. The molecule has 0 atom stereocenters. The molecular formula is C27H27N3O5. The fraction of sp³-hybridized carbons (Fsp3) is 0.185. The lowest BCUT2D eigenvalue weighted by molar-refractivity contribution is -0.136. The molecule has 0 fully saturated rings. The molecule has 2 amide bonds. The lowest BCUT2D eigenvalue weighted by Crippen LogP contribution is -2.32. The minimum absolute atomic E-state index is 0.358. The molecule has 3 aromatic rings. The van der Waals surface area contributed by atoms with Gasteiger partial charge in [-0.2, -0.15) is 5.10 Å². The summed E-state index contributed by atoms with van der Waals surface area (Å²) in [5, 5.41) is 6.28. The molecule has 8 heteroatoms. The molecule has 0 saturated carbocycles. The maximum Gasteiger partial charge on any atom is 0.343 e. The molecule has 2 N–H and O–H groups in total. The highest BCUT2D eigenvalue weighted by atomic mass is 16.5. The maximum absolute atomic E-state index is 12.4. The molecule has 0 aliphatic heterocycles. The van der Waals surface area contributed by atoms with Gasteiger partial charge in [-0.25, -0.2) is 10.2 Å². The molecule has 0 saturated heterocycles. The molecule has 0 aliphatic rings. The molecular weight excluding hydrogens is 446 g/mol. The van der Waals surface area contributed by atoms with Gasteiger partial charge in [0.25, 0.3) is 0 Å². The summed E-state index contributed by atoms with van der Waals surface area (Å²) in [6.07, 6.45) is 3.40. The van der Waals surface area contributed by atoms with Crippen LogP contribution < -0.4 is 20.2 Å². The molecule has 180 valence electrons. The van der Waals surface area contributed by atoms with E-state index in [4.69, 9.17) is 9.47 Å². The van der Waals surface area contributed by atoms with Gasteiger partial charge in [0.15, 0.2) is 0 Å². The van der Waals surface area contributed by atoms with E-state index in [0.717, 1.165) is 18.4 Å². The van der Waals surface area contributed by atoms with E-state index < -0.39 is 17.8 Å². The van der Waals surface area contributed by atoms with E-state index >= 15 is 0 Å². The number of carbonyl (C=O) groups excluding carboxylic acids is 3. The first-order chi connectivity index (χ1) is 16.9. The Morgan fingerprint density at radius 1 is 0.857 bits per heavy atom. The molecule has 0 aromatic heterocycles. The van der Waals surface area contributed by atoms with Crippen LogP contribution in [0.3, 0.4) is 0 Å². The lowest BCUT2D eigenvalue weighted by Gasteiger charge is -2.07. The van der Waals surface area contributed by atoms with Crippen molar-refractivity contribution in [1.29, 1.82) is 0 Å². The van der Waals surface area contributed by atoms with Crippen LogP contribution in [-0.2, 0) is 9.59 Å². The van der Waals surface area contributed by atoms with E-state index in [0.29, 0.717) is 34.9 Å². The fourth-order valence-electron chi connectivity index (χ4n) is 2.85. The van der Waals surface area contributed by atoms with E-state index in [1.54, 1.807) is 60.7 Å². The summed E-state index contributed by atoms with van der Waals surface area (Å²) in [5.41, 5.74) is 4.77. The zero-order chi connectivity index (χ0) is 25.0. The SMILES string of the molecule is CCCCOc1ccc(C(=O)Oc2ccc(C=NNC(=O)C(=O)Nc3ccc(C)cc3)cc2)cc1. The number of aryl methyl sites for hydroxylation is 1. The van der Waals surface area contributed by atoms with Gasteiger partial charge in [-0.3, -0.25) is 9.59 Å². The number of hydrogen-bond acceptors (Lipinski definition) is 6. The highest BCUT2D eigenvalue weighted by Gasteiger charge is 2.13. The molecule has 35 heavy (non-hydrogen) atoms. The van der Waals surface area contributed by atoms with Crippen LogP contribution in [0.2, 0.25) is 0 Å². The second-order valence-electron chi connectivity index (χ2n) is 7.70. The number of unbranched alkanes of at least 4 members (excludes halogenated alkanes) is 1. The number of anilines is 1. The number of ether oxygens (including phenoxy) is 2. The number of amides is 2. The van der Waals surface area contributed by atoms with Gasteiger partial charge >= 0.3 is 17.8 Å². The van der Waals surface area contributed by atoms with Crippen molar-refractivity contribution in [1.82, 2.24) is 5.43 Å². The van der Waals surface area contributed by atoms with Crippen molar-refractivity contribution in [2.45, 2.75) is 26.7 Å². The smallest absolute Gasteiger partial charge is 0.343 e. The van der Waals surface area contributed by atoms with Crippen molar-refractivity contribution in [2.24, 2.45) is 5.10 Å². The highest BCUT2D eigenvalue weighted by Crippen LogP contribution is 2.17. The molecule has 0 heterocycles. The van der Waals surface area contributed by atoms with E-state index in [1.807, 2.05) is 19.1 Å². The lowest BCUT2D eigenvalue weighted by atomic mass is 10.2. The Bertz CT molecular complexity index is 1170. The molecule has 0 aliphatic carbocycles. The van der Waals surface area contributed by atoms with Crippen molar-refractivity contribution in [3.63, 3.8) is 0 Å². The third-order valence-corrected chi connectivity index (χ3v) is 4.84. The number of hydrazone groups is 1. The summed E-state index contributed by atoms with van der Waals surface area (Å²) < 4.78 is 11.0. The van der Waals surface area contributed by atoms with Crippen molar-refractivity contribution < 1.29 is 23.9 Å². The van der Waals surface area contributed by atoms with Crippen molar-refractivity contribution in [3.05, 3.63) is 89.5 Å². The highest BCUT2D eigenvalue weighted by molar-refractivity contribution is 6.39. The average molecular weight is 474 g/mol. The van der Waals surface area contributed by atoms with Gasteiger partial charge < -0.3 is 14.8 Å². The van der Waals surface area contributed by atoms with Crippen LogP contribution in [-0.4, -0.2) is 30.6 Å². The molecule has 3 aromatic carbocycles. The molecule has 0 radical (unpaired) electrons. The van der Waals surface area contributed by atoms with Gasteiger partial charge in [0.05, 0.1) is 18.4 Å². The Hall–Kier alpha value is -4.46. The predicted octanol–water partition coefficient (Wildman–Crippen LogP) is 4.48. The summed E-state index contributed by atoms with van der Waals surface area (Å²) in [6, 6.07) is 20.4. The Labute approximate surface area is 204 Å². The first kappa shape index (κ1) is 25.2. The van der Waals surface area contributed by atoms with Crippen molar-refractivity contribution >= 4 is 29.7 Å². The Morgan fingerprint density at radius 3 is 2.17 bits per heavy atom. The van der Waals surface area contributed by atoms with E-state index in [-0.39, 0.29) is 0 Å². The number of nitrogens with one attached hydrogen (secondary N) is 2. The van der Waals surface area contributed by atoms with E-state index in [1.165, 1.54) is 6.21 Å². The zero-order valence-electron chi connectivity index (χ0n) is 19.6. The Morgan fingerprint density at radius 2 is 1.51 bits per heavy atom. The number of esters is 1. The van der Waals surface area contributed by atoms with Crippen molar-refractivity contribution in [2.75, 3.05) is 11.9 Å². The molecule has 0 bridgehead atoms. The third-order valence-electron chi connectivity index (χ3n) is 4.84. The number of benzene rings is 3. The number of carbonyl (C=O) groups is 3. The molecule has 0 unspecified atom stereocenters. The zero-order valence-corrected chi connectivity index (χ0v) is 19.6. The Kier molecular flexibility index (Phi) is 9.13. The molecule has 0 spiro atoms. The monoisotopic (exact) mass is 473 g/mol. The molecule has 3 rings (SSSR count). The Balaban J connectivity index is 1.46. The maximum atomic E-state index is 12.4. The number of nitrogens with zero attached hydrogens (tertiary/aromatic N) is 1. The minimum atomic E-state index is -0.894. The second-order valence-corrected chi connectivity index (χ2v) is 7.70. The van der Waals surface area contributed by atoms with Crippen LogP contribution in [0.5, 0.6) is 11.5 Å². The number of rotatable bonds is 9. The normalized spacial score (nSPS) is 10.6. The largest absolute Gasteiger partial charge is 0.494 e. The summed E-state index contributed by atoms with van der Waals surface area (Å²) >= 11 is 0. The van der Waals surface area contributed by atoms with E-state index in [2.05, 4.69) is 22.8 Å². The minimum Gasteiger partial charge on any atom is -0.494 e. The molecule has 8 nitrogen and oxygen atoms in total. The topological polar surface area (TPSA) is 106 Å². The van der Waals surface area contributed by atoms with Gasteiger partial charge in [-0.1, -0.05) is 31.0 Å². The quantitative estimate of drug-likeness (QED) is 0.119. The summed E-state index contributed by atoms with van der Waals surface area (Å²) in [7, 11) is 0. The van der Waals surface area contributed by atoms with Crippen LogP contribution >= 0.6 is 0 Å². The summed E-state index contributed by atoms with van der Waals surface area (Å²) in [5.74, 6) is -1.14. The van der Waals surface area contributed by atoms with Gasteiger partial charge in [0.2, 0.25) is 0 Å². The summed E-state index contributed by atoms with van der Waals surface area (Å²) in [4.78, 5) is 36.2. The van der Waals surface area contributed by atoms with Crippen molar-refractivity contribution in [3.8, 4) is 11.5 Å². The van der Waals surface area contributed by atoms with Crippen LogP contribution in [0.1, 0.15) is 41.3 Å². The summed E-state index contributed by atoms with van der Waals surface area (Å²) in [6.45, 7) is 4.65. The van der Waals surface area contributed by atoms with Gasteiger partial charge in [0.1, 0.15) is 11.5 Å². The van der Waals surface area contributed by atoms with Gasteiger partial charge in [-0.05, 0) is 79.6 Å². The van der Waals surface area contributed by atoms with Crippen LogP contribution in [0, 0.1) is 6.92 Å². The van der Waals surface area contributed by atoms with Gasteiger partial charge in [-0.15, -0.1) is 0 Å². The van der Waals surface area contributed by atoms with Gasteiger partial charge in [0, 0.05) is 5.69 Å². The van der Waals surface area contributed by atoms with E-state index in [9.17, 15) is 14.4 Å². The fourth-order valence-corrected chi connectivity index (χ4v) is 2.85. The van der Waals surface area contributed by atoms with Crippen LogP contribution in [0.4, 0.5) is 5.69 Å².